The zero-order valence-electron chi connectivity index (χ0n) is 10.7. The van der Waals surface area contributed by atoms with Gasteiger partial charge in [0, 0.05) is 26.7 Å². The second kappa shape index (κ2) is 6.93. The van der Waals surface area contributed by atoms with Gasteiger partial charge in [0.2, 0.25) is 5.91 Å². The van der Waals surface area contributed by atoms with Gasteiger partial charge in [-0.3, -0.25) is 4.79 Å². The van der Waals surface area contributed by atoms with E-state index >= 15 is 0 Å². The fourth-order valence-corrected chi connectivity index (χ4v) is 1.90. The summed E-state index contributed by atoms with van der Waals surface area (Å²) in [5.41, 5.74) is -0.481. The first-order valence-corrected chi connectivity index (χ1v) is 6.14. The third-order valence-corrected chi connectivity index (χ3v) is 3.34. The number of carbonyl (C=O) groups is 1. The Morgan fingerprint density at radius 2 is 2.18 bits per heavy atom. The van der Waals surface area contributed by atoms with Gasteiger partial charge in [0.15, 0.2) is 0 Å². The van der Waals surface area contributed by atoms with Gasteiger partial charge < -0.3 is 19.9 Å². The van der Waals surface area contributed by atoms with Crippen molar-refractivity contribution in [2.24, 2.45) is 0 Å². The molecule has 5 heteroatoms. The van der Waals surface area contributed by atoms with E-state index in [1.807, 2.05) is 6.92 Å². The van der Waals surface area contributed by atoms with Gasteiger partial charge in [0.25, 0.3) is 0 Å². The van der Waals surface area contributed by atoms with Gasteiger partial charge in [-0.2, -0.15) is 0 Å². The van der Waals surface area contributed by atoms with Crippen molar-refractivity contribution in [3.8, 4) is 0 Å². The van der Waals surface area contributed by atoms with Crippen molar-refractivity contribution in [1.82, 2.24) is 5.32 Å². The summed E-state index contributed by atoms with van der Waals surface area (Å²) < 4.78 is 10.3. The zero-order chi connectivity index (χ0) is 12.7. The van der Waals surface area contributed by atoms with E-state index in [1.165, 1.54) is 0 Å². The second-order valence-electron chi connectivity index (χ2n) is 4.68. The minimum Gasteiger partial charge on any atom is -0.394 e. The van der Waals surface area contributed by atoms with Gasteiger partial charge in [0.05, 0.1) is 18.2 Å². The Kier molecular flexibility index (Phi) is 5.88. The predicted molar refractivity (Wildman–Crippen MR) is 63.7 cm³/mol. The smallest absolute Gasteiger partial charge is 0.220 e. The number of aliphatic hydroxyl groups is 1. The van der Waals surface area contributed by atoms with Gasteiger partial charge >= 0.3 is 0 Å². The van der Waals surface area contributed by atoms with Crippen molar-refractivity contribution < 1.29 is 19.4 Å². The number of nitrogens with one attached hydrogen (secondary N) is 1. The number of carbonyl (C=O) groups excluding carboxylic acids is 1. The molecule has 0 radical (unpaired) electrons. The van der Waals surface area contributed by atoms with Crippen LogP contribution in [0.4, 0.5) is 0 Å². The Bertz CT molecular complexity index is 239. The third kappa shape index (κ3) is 4.61. The van der Waals surface area contributed by atoms with E-state index in [4.69, 9.17) is 9.47 Å². The highest BCUT2D eigenvalue weighted by atomic mass is 16.5. The molecule has 1 aliphatic heterocycles. The monoisotopic (exact) mass is 245 g/mol. The zero-order valence-corrected chi connectivity index (χ0v) is 10.7. The van der Waals surface area contributed by atoms with Crippen LogP contribution < -0.4 is 5.32 Å². The van der Waals surface area contributed by atoms with Crippen LogP contribution in [0.5, 0.6) is 0 Å². The average molecular weight is 245 g/mol. The van der Waals surface area contributed by atoms with Gasteiger partial charge in [-0.15, -0.1) is 0 Å². The number of rotatable bonds is 6. The molecule has 1 heterocycles. The van der Waals surface area contributed by atoms with Crippen LogP contribution in [0.2, 0.25) is 0 Å². The highest BCUT2D eigenvalue weighted by Gasteiger charge is 2.33. The largest absolute Gasteiger partial charge is 0.394 e. The molecule has 1 fully saturated rings. The molecule has 100 valence electrons. The number of hydrogen-bond acceptors (Lipinski definition) is 4. The Morgan fingerprint density at radius 1 is 1.53 bits per heavy atom. The summed E-state index contributed by atoms with van der Waals surface area (Å²) in [6.07, 6.45) is 2.56. The third-order valence-electron chi connectivity index (χ3n) is 3.34. The predicted octanol–water partition coefficient (Wildman–Crippen LogP) is 0.459. The minimum atomic E-state index is -0.481. The molecule has 0 aliphatic carbocycles. The van der Waals surface area contributed by atoms with Crippen LogP contribution in [0.25, 0.3) is 0 Å². The summed E-state index contributed by atoms with van der Waals surface area (Å²) in [6, 6.07) is 0. The normalized spacial score (nSPS) is 20.9. The summed E-state index contributed by atoms with van der Waals surface area (Å²) >= 11 is 0. The summed E-state index contributed by atoms with van der Waals surface area (Å²) in [6.45, 7) is 3.09. The SMILES string of the molecule is COC(C)CCC(=O)NC1(CO)CCOCC1. The van der Waals surface area contributed by atoms with Gasteiger partial charge in [-0.05, 0) is 26.2 Å². The molecule has 0 aromatic rings. The highest BCUT2D eigenvalue weighted by molar-refractivity contribution is 5.76. The van der Waals surface area contributed by atoms with Crippen LogP contribution >= 0.6 is 0 Å². The van der Waals surface area contributed by atoms with E-state index in [-0.39, 0.29) is 18.6 Å². The van der Waals surface area contributed by atoms with Crippen molar-refractivity contribution in [2.45, 2.75) is 44.2 Å². The van der Waals surface area contributed by atoms with Crippen molar-refractivity contribution in [2.75, 3.05) is 26.9 Å². The maximum atomic E-state index is 11.8. The average Bonchev–Trinajstić information content (AvgIpc) is 2.37. The number of aliphatic hydroxyl groups excluding tert-OH is 1. The summed E-state index contributed by atoms with van der Waals surface area (Å²) in [4.78, 5) is 11.8. The molecule has 5 nitrogen and oxygen atoms in total. The molecule has 1 aliphatic rings. The quantitative estimate of drug-likeness (QED) is 0.713. The van der Waals surface area contributed by atoms with Crippen molar-refractivity contribution in [3.63, 3.8) is 0 Å². The number of amides is 1. The molecule has 1 unspecified atom stereocenters. The molecule has 0 bridgehead atoms. The van der Waals surface area contributed by atoms with Gasteiger partial charge in [0.1, 0.15) is 0 Å². The molecule has 1 atom stereocenters. The summed E-state index contributed by atoms with van der Waals surface area (Å²) in [7, 11) is 1.64. The van der Waals surface area contributed by atoms with Crippen LogP contribution in [-0.4, -0.2) is 49.6 Å². The maximum absolute atomic E-state index is 11.8. The van der Waals surface area contributed by atoms with E-state index in [2.05, 4.69) is 5.32 Å². The molecule has 1 rings (SSSR count). The van der Waals surface area contributed by atoms with E-state index in [9.17, 15) is 9.90 Å². The first kappa shape index (κ1) is 14.4. The first-order chi connectivity index (χ1) is 8.12. The standard InChI is InChI=1S/C12H23NO4/c1-10(16-2)3-4-11(15)13-12(9-14)5-7-17-8-6-12/h10,14H,3-9H2,1-2H3,(H,13,15). The molecule has 0 saturated carbocycles. The van der Waals surface area contributed by atoms with E-state index in [0.717, 1.165) is 0 Å². The Labute approximate surface area is 102 Å². The maximum Gasteiger partial charge on any atom is 0.220 e. The molecule has 0 aromatic heterocycles. The molecular formula is C12H23NO4. The number of hydrogen-bond donors (Lipinski definition) is 2. The molecule has 17 heavy (non-hydrogen) atoms. The van der Waals surface area contributed by atoms with Gasteiger partial charge in [-0.25, -0.2) is 0 Å². The lowest BCUT2D eigenvalue weighted by molar-refractivity contribution is -0.125. The highest BCUT2D eigenvalue weighted by Crippen LogP contribution is 2.20. The molecule has 2 N–H and O–H groups in total. The number of methoxy groups -OCH3 is 1. The Morgan fingerprint density at radius 3 is 2.71 bits per heavy atom. The Hall–Kier alpha value is -0.650. The topological polar surface area (TPSA) is 67.8 Å². The van der Waals surface area contributed by atoms with Crippen LogP contribution in [-0.2, 0) is 14.3 Å². The van der Waals surface area contributed by atoms with Crippen molar-refractivity contribution in [3.05, 3.63) is 0 Å². The van der Waals surface area contributed by atoms with E-state index in [1.54, 1.807) is 7.11 Å². The van der Waals surface area contributed by atoms with Crippen molar-refractivity contribution in [1.29, 1.82) is 0 Å². The molecule has 0 spiro atoms. The molecule has 1 amide bonds. The molecule has 1 saturated heterocycles. The fraction of sp³-hybridized carbons (Fsp3) is 0.917. The molecular weight excluding hydrogens is 222 g/mol. The first-order valence-electron chi connectivity index (χ1n) is 6.14. The lowest BCUT2D eigenvalue weighted by atomic mass is 9.90. The summed E-state index contributed by atoms with van der Waals surface area (Å²) in [5.74, 6) is -0.0233. The van der Waals surface area contributed by atoms with Crippen LogP contribution in [0, 0.1) is 0 Å². The van der Waals surface area contributed by atoms with Gasteiger partial charge in [-0.1, -0.05) is 0 Å². The summed E-state index contributed by atoms with van der Waals surface area (Å²) in [5, 5.41) is 12.4. The number of ether oxygens (including phenoxy) is 2. The van der Waals surface area contributed by atoms with Crippen LogP contribution in [0.3, 0.4) is 0 Å². The second-order valence-corrected chi connectivity index (χ2v) is 4.68. The van der Waals surface area contributed by atoms with Crippen molar-refractivity contribution >= 4 is 5.91 Å². The van der Waals surface area contributed by atoms with Crippen LogP contribution in [0.1, 0.15) is 32.6 Å². The van der Waals surface area contributed by atoms with E-state index in [0.29, 0.717) is 38.9 Å². The molecule has 0 aromatic carbocycles. The van der Waals surface area contributed by atoms with E-state index < -0.39 is 5.54 Å². The lowest BCUT2D eigenvalue weighted by Gasteiger charge is -2.36. The minimum absolute atomic E-state index is 0.0233. The van der Waals surface area contributed by atoms with Crippen LogP contribution in [0.15, 0.2) is 0 Å². The lowest BCUT2D eigenvalue weighted by Crippen LogP contribution is -2.54. The Balaban J connectivity index is 2.37. The fourth-order valence-electron chi connectivity index (χ4n) is 1.90.